The molecule has 2 aliphatic heterocycles. The maximum Gasteiger partial charge on any atom is 0.265 e. The average molecular weight is 913 g/mol. The molecule has 0 unspecified atom stereocenters. The standard InChI is InChI=1S/C57H44N4O8/c1-57(2,37-15-23-43(24-16-37)68-45-27-19-39(20-28-45)58-51(62)35-13-31-47-49(33-35)55(66)60(53(47)64)41-9-5-3-6-10-41)38-17-25-44(26-18-38)69-46-29-21-40(22-30-46)59-52(63)36-14-32-48-50(34-36)56(67)61(54(48)65)42-11-7-4-8-12-42/h3-5,7,9,11,13-34H,6,8,10,12H2,1-2H3,(H,58,62)(H,59,63). The number of nitrogens with zero attached hydrogens (tertiary/aromatic N) is 2. The summed E-state index contributed by atoms with van der Waals surface area (Å²) in [6.07, 6.45) is 13.9. The first kappa shape index (κ1) is 44.0. The van der Waals surface area contributed by atoms with Gasteiger partial charge in [0, 0.05) is 39.3 Å². The predicted octanol–water partition coefficient (Wildman–Crippen LogP) is 11.8. The third-order valence-electron chi connectivity index (χ3n) is 12.7. The number of carbonyl (C=O) groups excluding carboxylic acids is 6. The molecule has 0 atom stereocenters. The molecule has 4 aliphatic rings. The third kappa shape index (κ3) is 8.67. The number of benzene rings is 6. The van der Waals surface area contributed by atoms with Gasteiger partial charge < -0.3 is 20.1 Å². The number of hydrogen-bond acceptors (Lipinski definition) is 8. The van der Waals surface area contributed by atoms with Crippen molar-refractivity contribution in [3.63, 3.8) is 0 Å². The molecule has 2 heterocycles. The van der Waals surface area contributed by atoms with E-state index in [2.05, 4.69) is 24.5 Å². The van der Waals surface area contributed by atoms with Crippen LogP contribution in [0, 0.1) is 0 Å². The number of rotatable bonds is 12. The molecule has 2 aliphatic carbocycles. The fraction of sp³-hybridized carbons (Fsp3) is 0.123. The smallest absolute Gasteiger partial charge is 0.265 e. The van der Waals surface area contributed by atoms with Crippen LogP contribution in [-0.2, 0) is 5.41 Å². The van der Waals surface area contributed by atoms with Gasteiger partial charge in [-0.2, -0.15) is 0 Å². The minimum Gasteiger partial charge on any atom is -0.457 e. The number of amides is 6. The maximum atomic E-state index is 13.2. The SMILES string of the molecule is CC(C)(c1ccc(Oc2ccc(NC(=O)c3ccc4c(c3)C(=O)N(C3=CC=CCC3)C4=O)cc2)cc1)c1ccc(Oc2ccc(NC(=O)c3ccc4c(c3)C(=O)N(C3=CC=CCC3)C4=O)cc2)cc1. The quantitative estimate of drug-likeness (QED) is 0.115. The van der Waals surface area contributed by atoms with E-state index in [1.54, 1.807) is 72.8 Å². The number of imide groups is 2. The molecule has 340 valence electrons. The Balaban J connectivity index is 0.712. The highest BCUT2D eigenvalue weighted by Gasteiger charge is 2.39. The van der Waals surface area contributed by atoms with Gasteiger partial charge in [0.15, 0.2) is 0 Å². The van der Waals surface area contributed by atoms with Gasteiger partial charge in [-0.1, -0.05) is 62.4 Å². The zero-order valence-electron chi connectivity index (χ0n) is 37.7. The molecule has 12 nitrogen and oxygen atoms in total. The van der Waals surface area contributed by atoms with Crippen molar-refractivity contribution in [3.05, 3.63) is 226 Å². The summed E-state index contributed by atoms with van der Waals surface area (Å²) in [5.41, 5.74) is 5.69. The summed E-state index contributed by atoms with van der Waals surface area (Å²) in [5, 5.41) is 5.72. The highest BCUT2D eigenvalue weighted by atomic mass is 16.5. The first-order valence-electron chi connectivity index (χ1n) is 22.6. The monoisotopic (exact) mass is 912 g/mol. The van der Waals surface area contributed by atoms with Gasteiger partial charge >= 0.3 is 0 Å². The van der Waals surface area contributed by atoms with Gasteiger partial charge in [-0.05, 0) is 158 Å². The first-order chi connectivity index (χ1) is 33.4. The van der Waals surface area contributed by atoms with Gasteiger partial charge in [0.25, 0.3) is 35.4 Å². The van der Waals surface area contributed by atoms with Crippen molar-refractivity contribution in [2.75, 3.05) is 10.6 Å². The molecule has 0 spiro atoms. The molecule has 0 fully saturated rings. The van der Waals surface area contributed by atoms with E-state index in [0.29, 0.717) is 58.6 Å². The highest BCUT2D eigenvalue weighted by Crippen LogP contribution is 2.36. The molecule has 69 heavy (non-hydrogen) atoms. The van der Waals surface area contributed by atoms with Crippen molar-refractivity contribution in [1.82, 2.24) is 9.80 Å². The van der Waals surface area contributed by atoms with Crippen LogP contribution >= 0.6 is 0 Å². The molecule has 0 bridgehead atoms. The maximum absolute atomic E-state index is 13.2. The van der Waals surface area contributed by atoms with Gasteiger partial charge in [0.1, 0.15) is 23.0 Å². The molecule has 10 rings (SSSR count). The third-order valence-corrected chi connectivity index (χ3v) is 12.7. The zero-order valence-corrected chi connectivity index (χ0v) is 37.7. The number of allylic oxidation sites excluding steroid dienone is 8. The summed E-state index contributed by atoms with van der Waals surface area (Å²) in [6, 6.07) is 38.8. The minimum atomic E-state index is -0.425. The van der Waals surface area contributed by atoms with Crippen molar-refractivity contribution >= 4 is 46.8 Å². The van der Waals surface area contributed by atoms with Crippen LogP contribution in [0.1, 0.15) is 113 Å². The Morgan fingerprint density at radius 2 is 0.812 bits per heavy atom. The normalized spacial score (nSPS) is 15.1. The lowest BCUT2D eigenvalue weighted by Crippen LogP contribution is -2.29. The fourth-order valence-electron chi connectivity index (χ4n) is 8.78. The van der Waals surface area contributed by atoms with Crippen molar-refractivity contribution in [3.8, 4) is 23.0 Å². The van der Waals surface area contributed by atoms with Crippen molar-refractivity contribution in [1.29, 1.82) is 0 Å². The Morgan fingerprint density at radius 1 is 0.464 bits per heavy atom. The summed E-state index contributed by atoms with van der Waals surface area (Å²) in [7, 11) is 0. The van der Waals surface area contributed by atoms with E-state index < -0.39 is 23.6 Å². The topological polar surface area (TPSA) is 151 Å². The van der Waals surface area contributed by atoms with Crippen LogP contribution in [0.15, 0.2) is 181 Å². The second-order valence-electron chi connectivity index (χ2n) is 17.5. The van der Waals surface area contributed by atoms with Crippen LogP contribution in [0.25, 0.3) is 0 Å². The summed E-state index contributed by atoms with van der Waals surface area (Å²) in [6.45, 7) is 4.28. The van der Waals surface area contributed by atoms with Gasteiger partial charge in [-0.25, -0.2) is 9.80 Å². The molecular formula is C57H44N4O8. The Morgan fingerprint density at radius 3 is 1.16 bits per heavy atom. The number of anilines is 2. The van der Waals surface area contributed by atoms with E-state index >= 15 is 0 Å². The van der Waals surface area contributed by atoms with E-state index in [1.807, 2.05) is 72.8 Å². The molecular weight excluding hydrogens is 869 g/mol. The van der Waals surface area contributed by atoms with E-state index in [4.69, 9.17) is 9.47 Å². The number of nitrogens with one attached hydrogen (secondary N) is 2. The molecule has 0 aromatic heterocycles. The summed E-state index contributed by atoms with van der Waals surface area (Å²) in [4.78, 5) is 81.3. The van der Waals surface area contributed by atoms with Crippen LogP contribution in [0.3, 0.4) is 0 Å². The van der Waals surface area contributed by atoms with Gasteiger partial charge in [-0.3, -0.25) is 28.8 Å². The van der Waals surface area contributed by atoms with E-state index in [1.165, 1.54) is 34.1 Å². The average Bonchev–Trinajstić information content (AvgIpc) is 3.78. The first-order valence-corrected chi connectivity index (χ1v) is 22.6. The summed E-state index contributed by atoms with van der Waals surface area (Å²) in [5.74, 6) is 0.0169. The Hall–Kier alpha value is -8.90. The summed E-state index contributed by atoms with van der Waals surface area (Å²) < 4.78 is 12.3. The molecule has 0 saturated heterocycles. The second-order valence-corrected chi connectivity index (χ2v) is 17.5. The molecule has 6 amide bonds. The van der Waals surface area contributed by atoms with Gasteiger partial charge in [0.2, 0.25) is 0 Å². The van der Waals surface area contributed by atoms with Crippen molar-refractivity contribution < 1.29 is 38.2 Å². The summed E-state index contributed by atoms with van der Waals surface area (Å²) >= 11 is 0. The largest absolute Gasteiger partial charge is 0.457 e. The molecule has 6 aromatic carbocycles. The number of hydrogen-bond donors (Lipinski definition) is 2. The van der Waals surface area contributed by atoms with Crippen LogP contribution in [0.4, 0.5) is 11.4 Å². The lowest BCUT2D eigenvalue weighted by molar-refractivity contribution is 0.0682. The highest BCUT2D eigenvalue weighted by molar-refractivity contribution is 6.24. The van der Waals surface area contributed by atoms with Gasteiger partial charge in [-0.15, -0.1) is 0 Å². The number of carbonyl (C=O) groups is 6. The molecule has 2 N–H and O–H groups in total. The Bertz CT molecular complexity index is 3020. The minimum absolute atomic E-state index is 0.213. The molecule has 12 heteroatoms. The fourth-order valence-corrected chi connectivity index (χ4v) is 8.78. The lowest BCUT2D eigenvalue weighted by Gasteiger charge is -2.26. The van der Waals surface area contributed by atoms with Crippen LogP contribution in [-0.4, -0.2) is 45.2 Å². The van der Waals surface area contributed by atoms with Gasteiger partial charge in [0.05, 0.1) is 22.3 Å². The van der Waals surface area contributed by atoms with Crippen LogP contribution < -0.4 is 20.1 Å². The van der Waals surface area contributed by atoms with Crippen LogP contribution in [0.5, 0.6) is 23.0 Å². The van der Waals surface area contributed by atoms with Crippen molar-refractivity contribution in [2.24, 2.45) is 0 Å². The number of ether oxygens (including phenoxy) is 2. The van der Waals surface area contributed by atoms with Crippen molar-refractivity contribution in [2.45, 2.75) is 44.9 Å². The van der Waals surface area contributed by atoms with E-state index in [9.17, 15) is 28.8 Å². The van der Waals surface area contributed by atoms with E-state index in [-0.39, 0.29) is 50.6 Å². The molecule has 0 radical (unpaired) electrons. The zero-order chi connectivity index (χ0) is 47.8. The number of fused-ring (bicyclic) bond motifs is 2. The predicted molar refractivity (Wildman–Crippen MR) is 261 cm³/mol. The Kier molecular flexibility index (Phi) is 11.5. The van der Waals surface area contributed by atoms with Crippen LogP contribution in [0.2, 0.25) is 0 Å². The van der Waals surface area contributed by atoms with E-state index in [0.717, 1.165) is 24.0 Å². The Labute approximate surface area is 397 Å². The second kappa shape index (κ2) is 18.1. The molecule has 0 saturated carbocycles. The lowest BCUT2D eigenvalue weighted by atomic mass is 9.78. The molecule has 6 aromatic rings.